The predicted molar refractivity (Wildman–Crippen MR) is 73.5 cm³/mol. The fourth-order valence-electron chi connectivity index (χ4n) is 2.10. The van der Waals surface area contributed by atoms with Crippen molar-refractivity contribution in [3.8, 4) is 0 Å². The van der Waals surface area contributed by atoms with Crippen LogP contribution in [0.1, 0.15) is 27.2 Å². The lowest BCUT2D eigenvalue weighted by molar-refractivity contribution is -0.145. The van der Waals surface area contributed by atoms with Crippen LogP contribution < -0.4 is 0 Å². The first-order valence-corrected chi connectivity index (χ1v) is 6.62. The molecule has 0 aliphatic carbocycles. The number of hydrogen-bond donors (Lipinski definition) is 0. The van der Waals surface area contributed by atoms with Crippen LogP contribution >= 0.6 is 0 Å². The Kier molecular flexibility index (Phi) is 6.08. The minimum Gasteiger partial charge on any atom is -0.498 e. The molecule has 1 fully saturated rings. The van der Waals surface area contributed by atoms with E-state index >= 15 is 0 Å². The second kappa shape index (κ2) is 7.33. The van der Waals surface area contributed by atoms with Crippen molar-refractivity contribution in [1.82, 2.24) is 4.90 Å². The lowest BCUT2D eigenvalue weighted by Crippen LogP contribution is -2.44. The van der Waals surface area contributed by atoms with Crippen LogP contribution in [0.3, 0.4) is 0 Å². The summed E-state index contributed by atoms with van der Waals surface area (Å²) in [6.45, 7) is 6.27. The van der Waals surface area contributed by atoms with Gasteiger partial charge in [0.25, 0.3) is 0 Å². The minimum absolute atomic E-state index is 0.0960. The largest absolute Gasteiger partial charge is 0.605 e. The van der Waals surface area contributed by atoms with E-state index in [0.29, 0.717) is 5.92 Å². The quantitative estimate of drug-likeness (QED) is 0.570. The van der Waals surface area contributed by atoms with Gasteiger partial charge in [0.15, 0.2) is 0 Å². The Labute approximate surface area is 115 Å². The fourth-order valence-corrected chi connectivity index (χ4v) is 2.10. The molecule has 0 radical (unpaired) electrons. The molecule has 0 bridgehead atoms. The SMILES string of the molecule is C/C=C/C(CC(C)C)B1OC(=O)CN(C)CC(=O)O1. The summed E-state index contributed by atoms with van der Waals surface area (Å²) in [5, 5.41) is 0. The van der Waals surface area contributed by atoms with E-state index in [0.717, 1.165) is 6.42 Å². The molecule has 19 heavy (non-hydrogen) atoms. The second-order valence-corrected chi connectivity index (χ2v) is 5.34. The van der Waals surface area contributed by atoms with Crippen LogP contribution in [0.5, 0.6) is 0 Å². The first kappa shape index (κ1) is 15.8. The fraction of sp³-hybridized carbons (Fsp3) is 0.692. The zero-order valence-corrected chi connectivity index (χ0v) is 12.1. The molecule has 1 saturated heterocycles. The topological polar surface area (TPSA) is 55.8 Å². The lowest BCUT2D eigenvalue weighted by Gasteiger charge is -2.26. The van der Waals surface area contributed by atoms with Gasteiger partial charge in [-0.1, -0.05) is 26.0 Å². The molecule has 1 atom stereocenters. The molecular formula is C13H22BNO4. The summed E-state index contributed by atoms with van der Waals surface area (Å²) in [5.74, 6) is -0.399. The third kappa shape index (κ3) is 5.47. The standard InChI is InChI=1S/C13H22BNO4/c1-5-6-11(7-10(2)3)14-18-12(16)8-15(4)9-13(17)19-14/h5-6,10-11H,7-9H2,1-4H3/b6-5+. The molecule has 0 aromatic carbocycles. The first-order chi connectivity index (χ1) is 8.92. The molecule has 106 valence electrons. The van der Waals surface area contributed by atoms with E-state index in [2.05, 4.69) is 13.8 Å². The zero-order valence-electron chi connectivity index (χ0n) is 12.1. The maximum Gasteiger partial charge on any atom is 0.605 e. The zero-order chi connectivity index (χ0) is 14.4. The number of allylic oxidation sites excluding steroid dienone is 2. The Balaban J connectivity index is 2.80. The Morgan fingerprint density at radius 1 is 1.26 bits per heavy atom. The molecule has 0 amide bonds. The van der Waals surface area contributed by atoms with Crippen LogP contribution in [0, 0.1) is 5.92 Å². The summed E-state index contributed by atoms with van der Waals surface area (Å²) in [5.41, 5.74) is 0. The van der Waals surface area contributed by atoms with E-state index in [1.54, 1.807) is 11.9 Å². The third-order valence-electron chi connectivity index (χ3n) is 2.83. The van der Waals surface area contributed by atoms with Crippen LogP contribution in [0.25, 0.3) is 0 Å². The van der Waals surface area contributed by atoms with E-state index < -0.39 is 7.12 Å². The number of rotatable bonds is 4. The van der Waals surface area contributed by atoms with Gasteiger partial charge in [-0.15, -0.1) is 0 Å². The van der Waals surface area contributed by atoms with Gasteiger partial charge in [-0.3, -0.25) is 14.5 Å². The van der Waals surface area contributed by atoms with Crippen LogP contribution in [0.2, 0.25) is 5.82 Å². The van der Waals surface area contributed by atoms with Crippen molar-refractivity contribution in [3.63, 3.8) is 0 Å². The molecule has 6 heteroatoms. The van der Waals surface area contributed by atoms with Crippen LogP contribution in [0.4, 0.5) is 0 Å². The summed E-state index contributed by atoms with van der Waals surface area (Å²) in [6.07, 6.45) is 4.61. The summed E-state index contributed by atoms with van der Waals surface area (Å²) >= 11 is 0. The average molecular weight is 267 g/mol. The maximum atomic E-state index is 11.7. The van der Waals surface area contributed by atoms with Gasteiger partial charge in [0.2, 0.25) is 0 Å². The average Bonchev–Trinajstić information content (AvgIpc) is 2.24. The molecule has 0 saturated carbocycles. The number of nitrogens with zero attached hydrogens (tertiary/aromatic N) is 1. The summed E-state index contributed by atoms with van der Waals surface area (Å²) in [4.78, 5) is 24.9. The molecule has 0 spiro atoms. The van der Waals surface area contributed by atoms with Gasteiger partial charge in [0.1, 0.15) is 0 Å². The van der Waals surface area contributed by atoms with E-state index in [1.807, 2.05) is 19.1 Å². The Morgan fingerprint density at radius 2 is 1.79 bits per heavy atom. The minimum atomic E-state index is -0.813. The van der Waals surface area contributed by atoms with Crippen molar-refractivity contribution >= 4 is 19.1 Å². The van der Waals surface area contributed by atoms with Crippen molar-refractivity contribution in [3.05, 3.63) is 12.2 Å². The van der Waals surface area contributed by atoms with Crippen molar-refractivity contribution in [2.24, 2.45) is 5.92 Å². The maximum absolute atomic E-state index is 11.7. The first-order valence-electron chi connectivity index (χ1n) is 6.62. The smallest absolute Gasteiger partial charge is 0.498 e. The van der Waals surface area contributed by atoms with E-state index in [9.17, 15) is 9.59 Å². The van der Waals surface area contributed by atoms with Crippen molar-refractivity contribution < 1.29 is 18.9 Å². The summed E-state index contributed by atoms with van der Waals surface area (Å²) < 4.78 is 10.5. The molecule has 5 nitrogen and oxygen atoms in total. The third-order valence-corrected chi connectivity index (χ3v) is 2.83. The molecule has 1 rings (SSSR count). The molecule has 1 aliphatic heterocycles. The van der Waals surface area contributed by atoms with E-state index in [-0.39, 0.29) is 30.8 Å². The number of carbonyl (C=O) groups excluding carboxylic acids is 2. The van der Waals surface area contributed by atoms with Crippen LogP contribution in [0.15, 0.2) is 12.2 Å². The normalized spacial score (nSPS) is 20.2. The van der Waals surface area contributed by atoms with Gasteiger partial charge in [0, 0.05) is 5.82 Å². The molecule has 0 aromatic rings. The van der Waals surface area contributed by atoms with Gasteiger partial charge in [0.05, 0.1) is 13.1 Å². The van der Waals surface area contributed by atoms with Gasteiger partial charge in [-0.25, -0.2) is 0 Å². The van der Waals surface area contributed by atoms with Crippen molar-refractivity contribution in [1.29, 1.82) is 0 Å². The molecule has 1 aliphatic rings. The number of hydrogen-bond acceptors (Lipinski definition) is 5. The van der Waals surface area contributed by atoms with Crippen LogP contribution in [-0.4, -0.2) is 44.1 Å². The summed E-state index contributed by atoms with van der Waals surface area (Å²) in [7, 11) is 0.868. The monoisotopic (exact) mass is 267 g/mol. The highest BCUT2D eigenvalue weighted by Crippen LogP contribution is 2.25. The molecule has 1 heterocycles. The van der Waals surface area contributed by atoms with Gasteiger partial charge >= 0.3 is 19.1 Å². The van der Waals surface area contributed by atoms with Crippen molar-refractivity contribution in [2.75, 3.05) is 20.1 Å². The van der Waals surface area contributed by atoms with Gasteiger partial charge in [-0.2, -0.15) is 0 Å². The Morgan fingerprint density at radius 3 is 2.21 bits per heavy atom. The van der Waals surface area contributed by atoms with E-state index in [1.165, 1.54) is 0 Å². The predicted octanol–water partition coefficient (Wildman–Crippen LogP) is 1.50. The Hall–Kier alpha value is -1.30. The van der Waals surface area contributed by atoms with Gasteiger partial charge < -0.3 is 9.31 Å². The second-order valence-electron chi connectivity index (χ2n) is 5.34. The summed E-state index contributed by atoms with van der Waals surface area (Å²) in [6, 6.07) is 0. The van der Waals surface area contributed by atoms with Crippen molar-refractivity contribution in [2.45, 2.75) is 33.0 Å². The highest BCUT2D eigenvalue weighted by atomic mass is 16.6. The highest BCUT2D eigenvalue weighted by Gasteiger charge is 2.38. The molecular weight excluding hydrogens is 245 g/mol. The Bertz CT molecular complexity index is 337. The van der Waals surface area contributed by atoms with Crippen LogP contribution in [-0.2, 0) is 18.9 Å². The number of likely N-dealkylation sites (N-methyl/N-ethyl adjacent to an activating group) is 1. The lowest BCUT2D eigenvalue weighted by atomic mass is 9.67. The van der Waals surface area contributed by atoms with E-state index in [4.69, 9.17) is 9.31 Å². The molecule has 0 N–H and O–H groups in total. The highest BCUT2D eigenvalue weighted by molar-refractivity contribution is 6.51. The van der Waals surface area contributed by atoms with Gasteiger partial charge in [-0.05, 0) is 26.3 Å². The number of carbonyl (C=O) groups is 2. The molecule has 0 aromatic heterocycles. The molecule has 1 unspecified atom stereocenters.